The summed E-state index contributed by atoms with van der Waals surface area (Å²) in [5.41, 5.74) is 4.18. The van der Waals surface area contributed by atoms with E-state index in [4.69, 9.17) is 4.74 Å². The highest BCUT2D eigenvalue weighted by Crippen LogP contribution is 2.44. The summed E-state index contributed by atoms with van der Waals surface area (Å²) < 4.78 is 36.2. The monoisotopic (exact) mass is 505 g/mol. The summed E-state index contributed by atoms with van der Waals surface area (Å²) in [4.78, 5) is 16.9. The Balaban J connectivity index is 1.50. The highest BCUT2D eigenvalue weighted by Gasteiger charge is 2.36. The molecule has 0 saturated heterocycles. The first-order valence-electron chi connectivity index (χ1n) is 12.0. The second kappa shape index (κ2) is 9.09. The Bertz CT molecular complexity index is 1440. The van der Waals surface area contributed by atoms with Gasteiger partial charge < -0.3 is 19.5 Å². The summed E-state index contributed by atoms with van der Waals surface area (Å²) in [6.07, 6.45) is 6.27. The van der Waals surface area contributed by atoms with Crippen LogP contribution in [0.15, 0.2) is 60.8 Å². The average Bonchev–Trinajstić information content (AvgIpc) is 3.45. The minimum Gasteiger partial charge on any atom is -0.497 e. The van der Waals surface area contributed by atoms with Crippen LogP contribution in [0.5, 0.6) is 5.75 Å². The highest BCUT2D eigenvalue weighted by molar-refractivity contribution is 7.15. The van der Waals surface area contributed by atoms with Crippen molar-refractivity contribution < 1.29 is 18.3 Å². The lowest BCUT2D eigenvalue weighted by Gasteiger charge is -2.31. The zero-order valence-electron chi connectivity index (χ0n) is 19.8. The van der Waals surface area contributed by atoms with Crippen LogP contribution in [0.2, 0.25) is 0 Å². The van der Waals surface area contributed by atoms with Gasteiger partial charge in [-0.3, -0.25) is 0 Å². The predicted molar refractivity (Wildman–Crippen MR) is 136 cm³/mol. The molecule has 0 bridgehead atoms. The van der Waals surface area contributed by atoms with E-state index in [1.807, 2.05) is 18.3 Å². The largest absolute Gasteiger partial charge is 0.497 e. The number of anilines is 1. The van der Waals surface area contributed by atoms with Crippen LogP contribution in [0, 0.1) is 11.6 Å². The fourth-order valence-corrected chi connectivity index (χ4v) is 6.77. The van der Waals surface area contributed by atoms with Crippen LogP contribution in [-0.2, 0) is 19.4 Å². The van der Waals surface area contributed by atoms with Crippen molar-refractivity contribution in [2.24, 2.45) is 0 Å². The number of rotatable bonds is 3. The highest BCUT2D eigenvalue weighted by atomic mass is 32.1. The van der Waals surface area contributed by atoms with Crippen molar-refractivity contribution in [1.82, 2.24) is 9.47 Å². The minimum absolute atomic E-state index is 0.335. The maximum absolute atomic E-state index is 14.4. The zero-order chi connectivity index (χ0) is 24.8. The van der Waals surface area contributed by atoms with Gasteiger partial charge in [0.25, 0.3) is 0 Å². The number of urea groups is 1. The summed E-state index contributed by atoms with van der Waals surface area (Å²) in [6.45, 7) is 0.335. The third-order valence-electron chi connectivity index (χ3n) is 6.96. The maximum atomic E-state index is 14.4. The van der Waals surface area contributed by atoms with Crippen LogP contribution < -0.4 is 10.1 Å². The number of benzene rings is 2. The molecule has 1 atom stereocenters. The Morgan fingerprint density at radius 2 is 1.83 bits per heavy atom. The standard InChI is InChI=1S/C28H25F2N3O2S/c1-35-21-7-4-6-20(15-21)31-28(34)33-16-23-22-8-2-3-10-25(22)36-27(23)32-11-5-9-24(32)26(33)17-12-18(29)14-19(30)13-17/h4-7,9,11-15,26H,2-3,8,10,16H2,1H3,(H,31,34)/t26-/m1/s1. The summed E-state index contributed by atoms with van der Waals surface area (Å²) in [6, 6.07) is 13.4. The van der Waals surface area contributed by atoms with Crippen molar-refractivity contribution in [2.75, 3.05) is 12.4 Å². The third kappa shape index (κ3) is 3.95. The van der Waals surface area contributed by atoms with E-state index < -0.39 is 17.7 Å². The first-order valence-corrected chi connectivity index (χ1v) is 12.8. The molecular formula is C28H25F2N3O2S. The van der Waals surface area contributed by atoms with Crippen LogP contribution in [0.3, 0.4) is 0 Å². The Morgan fingerprint density at radius 1 is 1.03 bits per heavy atom. The first kappa shape index (κ1) is 22.8. The van der Waals surface area contributed by atoms with Crippen LogP contribution in [-0.4, -0.2) is 22.6 Å². The van der Waals surface area contributed by atoms with Gasteiger partial charge in [0.1, 0.15) is 28.4 Å². The van der Waals surface area contributed by atoms with E-state index in [9.17, 15) is 13.6 Å². The van der Waals surface area contributed by atoms with Gasteiger partial charge in [-0.2, -0.15) is 0 Å². The molecule has 5 nitrogen and oxygen atoms in total. The molecule has 0 saturated carbocycles. The quantitative estimate of drug-likeness (QED) is 0.331. The first-order chi connectivity index (χ1) is 17.5. The summed E-state index contributed by atoms with van der Waals surface area (Å²) in [5, 5.41) is 4.07. The molecular weight excluding hydrogens is 480 g/mol. The summed E-state index contributed by atoms with van der Waals surface area (Å²) >= 11 is 1.76. The van der Waals surface area contributed by atoms with Gasteiger partial charge in [0.05, 0.1) is 19.3 Å². The number of ether oxygens (including phenoxy) is 1. The van der Waals surface area contributed by atoms with Gasteiger partial charge in [0, 0.05) is 34.5 Å². The normalized spacial score (nSPS) is 16.5. The molecule has 1 aliphatic heterocycles. The maximum Gasteiger partial charge on any atom is 0.322 e. The number of hydrogen-bond donors (Lipinski definition) is 1. The second-order valence-electron chi connectivity index (χ2n) is 9.19. The van der Waals surface area contributed by atoms with Gasteiger partial charge in [-0.15, -0.1) is 11.3 Å². The van der Waals surface area contributed by atoms with E-state index in [0.717, 1.165) is 48.0 Å². The van der Waals surface area contributed by atoms with Gasteiger partial charge in [-0.05, 0) is 73.2 Å². The fraction of sp³-hybridized carbons (Fsp3) is 0.250. The Hall–Kier alpha value is -3.65. The van der Waals surface area contributed by atoms with Crippen LogP contribution in [0.4, 0.5) is 19.3 Å². The number of fused-ring (bicyclic) bond motifs is 5. The van der Waals surface area contributed by atoms with Crippen molar-refractivity contribution in [3.05, 3.63) is 99.7 Å². The molecule has 2 aromatic heterocycles. The fourth-order valence-electron chi connectivity index (χ4n) is 5.37. The van der Waals surface area contributed by atoms with E-state index in [1.165, 1.54) is 22.6 Å². The molecule has 6 rings (SSSR count). The molecule has 3 heterocycles. The number of halogens is 2. The topological polar surface area (TPSA) is 46.5 Å². The second-order valence-corrected chi connectivity index (χ2v) is 10.3. The summed E-state index contributed by atoms with van der Waals surface area (Å²) in [7, 11) is 1.57. The molecule has 184 valence electrons. The Labute approximate surface area is 211 Å². The van der Waals surface area contributed by atoms with E-state index in [2.05, 4.69) is 9.88 Å². The number of carbonyl (C=O) groups excluding carboxylic acids is 1. The lowest BCUT2D eigenvalue weighted by molar-refractivity contribution is 0.194. The van der Waals surface area contributed by atoms with Gasteiger partial charge in [0.15, 0.2) is 0 Å². The molecule has 2 amide bonds. The van der Waals surface area contributed by atoms with Gasteiger partial charge >= 0.3 is 6.03 Å². The number of aromatic nitrogens is 1. The van der Waals surface area contributed by atoms with Crippen molar-refractivity contribution in [1.29, 1.82) is 0 Å². The zero-order valence-corrected chi connectivity index (χ0v) is 20.6. The van der Waals surface area contributed by atoms with Crippen molar-refractivity contribution in [3.8, 4) is 10.8 Å². The van der Waals surface area contributed by atoms with Gasteiger partial charge in [0.2, 0.25) is 0 Å². The summed E-state index contributed by atoms with van der Waals surface area (Å²) in [5.74, 6) is -0.726. The number of carbonyl (C=O) groups is 1. The number of thiophene rings is 1. The molecule has 0 fully saturated rings. The molecule has 36 heavy (non-hydrogen) atoms. The van der Waals surface area contributed by atoms with Crippen molar-refractivity contribution >= 4 is 23.1 Å². The van der Waals surface area contributed by atoms with Crippen LogP contribution in [0.25, 0.3) is 5.00 Å². The van der Waals surface area contributed by atoms with Gasteiger partial charge in [-0.1, -0.05) is 6.07 Å². The minimum atomic E-state index is -0.686. The predicted octanol–water partition coefficient (Wildman–Crippen LogP) is 6.84. The number of nitrogens with one attached hydrogen (secondary N) is 1. The third-order valence-corrected chi connectivity index (χ3v) is 8.29. The smallest absolute Gasteiger partial charge is 0.322 e. The molecule has 8 heteroatoms. The number of nitrogens with zero attached hydrogens (tertiary/aromatic N) is 2. The Kier molecular flexibility index (Phi) is 5.76. The number of aryl methyl sites for hydroxylation is 1. The molecule has 1 aliphatic carbocycles. The van der Waals surface area contributed by atoms with E-state index in [0.29, 0.717) is 23.5 Å². The van der Waals surface area contributed by atoms with E-state index >= 15 is 0 Å². The number of methoxy groups -OCH3 is 1. The number of hydrogen-bond acceptors (Lipinski definition) is 3. The van der Waals surface area contributed by atoms with E-state index in [1.54, 1.807) is 47.6 Å². The average molecular weight is 506 g/mol. The molecule has 2 aromatic carbocycles. The molecule has 1 N–H and O–H groups in total. The molecule has 0 radical (unpaired) electrons. The Morgan fingerprint density at radius 3 is 2.64 bits per heavy atom. The van der Waals surface area contributed by atoms with Crippen LogP contribution >= 0.6 is 11.3 Å². The SMILES string of the molecule is COc1cccc(NC(=O)N2Cc3c(sc4c3CCCC4)-n3cccc3[C@H]2c2cc(F)cc(F)c2)c1. The van der Waals surface area contributed by atoms with Crippen molar-refractivity contribution in [3.63, 3.8) is 0 Å². The lowest BCUT2D eigenvalue weighted by Crippen LogP contribution is -2.38. The number of amides is 2. The lowest BCUT2D eigenvalue weighted by atomic mass is 9.95. The molecule has 0 unspecified atom stereocenters. The van der Waals surface area contributed by atoms with Gasteiger partial charge in [-0.25, -0.2) is 13.6 Å². The van der Waals surface area contributed by atoms with Crippen molar-refractivity contribution in [2.45, 2.75) is 38.3 Å². The molecule has 0 spiro atoms. The van der Waals surface area contributed by atoms with E-state index in [-0.39, 0.29) is 6.03 Å². The molecule has 2 aliphatic rings. The molecule has 4 aromatic rings. The van der Waals surface area contributed by atoms with Crippen LogP contribution in [0.1, 0.15) is 46.1 Å².